The first-order valence-corrected chi connectivity index (χ1v) is 11.8. The number of carbonyl (C=O) groups is 1. The molecule has 172 valence electrons. The molecule has 5 nitrogen and oxygen atoms in total. The molecule has 0 saturated heterocycles. The highest BCUT2D eigenvalue weighted by Gasteiger charge is 2.14. The lowest BCUT2D eigenvalue weighted by Gasteiger charge is -2.07. The maximum Gasteiger partial charge on any atom is 0.338 e. The van der Waals surface area contributed by atoms with Crippen LogP contribution >= 0.6 is 0 Å². The number of benzene rings is 1. The fourth-order valence-electron chi connectivity index (χ4n) is 3.57. The van der Waals surface area contributed by atoms with Gasteiger partial charge in [-0.2, -0.15) is 0 Å². The summed E-state index contributed by atoms with van der Waals surface area (Å²) >= 11 is 0. The molecule has 0 bridgehead atoms. The van der Waals surface area contributed by atoms with Gasteiger partial charge in [0.05, 0.1) is 12.2 Å². The molecule has 1 rings (SSSR count). The Morgan fingerprint density at radius 1 is 0.733 bits per heavy atom. The van der Waals surface area contributed by atoms with E-state index in [-0.39, 0.29) is 5.56 Å². The molecular formula is C25H42O5. The first-order valence-electron chi connectivity index (χ1n) is 11.8. The van der Waals surface area contributed by atoms with Crippen molar-refractivity contribution < 1.29 is 24.9 Å². The molecule has 0 fully saturated rings. The number of rotatable bonds is 17. The SMILES string of the molecule is CC(C)CCCCCCCCCCCCCCCOC(=O)c1cc(O)c(O)c(O)c1. The molecule has 0 saturated carbocycles. The van der Waals surface area contributed by atoms with Gasteiger partial charge in [0.25, 0.3) is 0 Å². The van der Waals surface area contributed by atoms with Crippen LogP contribution in [-0.2, 0) is 4.74 Å². The minimum atomic E-state index is -0.636. The van der Waals surface area contributed by atoms with Crippen molar-refractivity contribution in [3.05, 3.63) is 17.7 Å². The number of carbonyl (C=O) groups excluding carboxylic acids is 1. The molecule has 0 aromatic heterocycles. The third kappa shape index (κ3) is 11.9. The quantitative estimate of drug-likeness (QED) is 0.142. The number of esters is 1. The Morgan fingerprint density at radius 2 is 1.13 bits per heavy atom. The van der Waals surface area contributed by atoms with Gasteiger partial charge in [-0.15, -0.1) is 0 Å². The molecule has 0 aliphatic heterocycles. The predicted octanol–water partition coefficient (Wildman–Crippen LogP) is 7.08. The van der Waals surface area contributed by atoms with Crippen LogP contribution < -0.4 is 0 Å². The summed E-state index contributed by atoms with van der Waals surface area (Å²) in [4.78, 5) is 11.9. The van der Waals surface area contributed by atoms with Gasteiger partial charge in [-0.1, -0.05) is 97.3 Å². The van der Waals surface area contributed by atoms with E-state index in [1.807, 2.05) is 0 Å². The zero-order chi connectivity index (χ0) is 22.2. The average molecular weight is 423 g/mol. The van der Waals surface area contributed by atoms with E-state index in [2.05, 4.69) is 13.8 Å². The topological polar surface area (TPSA) is 87.0 Å². The Morgan fingerprint density at radius 3 is 1.57 bits per heavy atom. The molecule has 30 heavy (non-hydrogen) atoms. The van der Waals surface area contributed by atoms with Crippen LogP contribution in [0, 0.1) is 5.92 Å². The maximum absolute atomic E-state index is 11.9. The lowest BCUT2D eigenvalue weighted by atomic mass is 10.0. The van der Waals surface area contributed by atoms with Crippen molar-refractivity contribution in [2.45, 2.75) is 104 Å². The molecule has 3 N–H and O–H groups in total. The summed E-state index contributed by atoms with van der Waals surface area (Å²) < 4.78 is 5.15. The number of hydrogen-bond acceptors (Lipinski definition) is 5. The number of aromatic hydroxyl groups is 3. The highest BCUT2D eigenvalue weighted by atomic mass is 16.5. The van der Waals surface area contributed by atoms with E-state index in [1.54, 1.807) is 0 Å². The van der Waals surface area contributed by atoms with Gasteiger partial charge < -0.3 is 20.1 Å². The van der Waals surface area contributed by atoms with Crippen molar-refractivity contribution in [2.24, 2.45) is 5.92 Å². The van der Waals surface area contributed by atoms with E-state index in [9.17, 15) is 20.1 Å². The third-order valence-corrected chi connectivity index (χ3v) is 5.46. The largest absolute Gasteiger partial charge is 0.504 e. The van der Waals surface area contributed by atoms with Crippen LogP contribution in [0.4, 0.5) is 0 Å². The minimum Gasteiger partial charge on any atom is -0.504 e. The van der Waals surface area contributed by atoms with Crippen molar-refractivity contribution in [3.63, 3.8) is 0 Å². The van der Waals surface area contributed by atoms with Crippen LogP contribution in [-0.4, -0.2) is 27.9 Å². The minimum absolute atomic E-state index is 0.0263. The van der Waals surface area contributed by atoms with E-state index in [0.29, 0.717) is 6.61 Å². The van der Waals surface area contributed by atoms with Crippen LogP contribution in [0.15, 0.2) is 12.1 Å². The zero-order valence-electron chi connectivity index (χ0n) is 19.0. The molecule has 0 aliphatic carbocycles. The Labute approximate surface area is 182 Å². The highest BCUT2D eigenvalue weighted by molar-refractivity contribution is 5.91. The van der Waals surface area contributed by atoms with Crippen molar-refractivity contribution in [1.82, 2.24) is 0 Å². The van der Waals surface area contributed by atoms with Crippen LogP contribution in [0.2, 0.25) is 0 Å². The second kappa shape index (κ2) is 15.9. The van der Waals surface area contributed by atoms with Gasteiger partial charge in [0, 0.05) is 0 Å². The Balaban J connectivity index is 1.89. The number of phenolic OH excluding ortho intramolecular Hbond substituents is 3. The fourth-order valence-corrected chi connectivity index (χ4v) is 3.57. The van der Waals surface area contributed by atoms with E-state index < -0.39 is 23.2 Å². The normalized spacial score (nSPS) is 11.2. The molecule has 0 atom stereocenters. The lowest BCUT2D eigenvalue weighted by Crippen LogP contribution is -2.06. The van der Waals surface area contributed by atoms with Crippen molar-refractivity contribution in [3.8, 4) is 17.2 Å². The summed E-state index contributed by atoms with van der Waals surface area (Å²) in [7, 11) is 0. The first kappa shape index (κ1) is 26.1. The van der Waals surface area contributed by atoms with Gasteiger partial charge in [-0.25, -0.2) is 4.79 Å². The summed E-state index contributed by atoms with van der Waals surface area (Å²) in [6.07, 6.45) is 17.8. The molecule has 1 aromatic carbocycles. The van der Waals surface area contributed by atoms with Gasteiger partial charge in [-0.3, -0.25) is 0 Å². The first-order chi connectivity index (χ1) is 14.4. The van der Waals surface area contributed by atoms with Gasteiger partial charge in [0.2, 0.25) is 0 Å². The van der Waals surface area contributed by atoms with Gasteiger partial charge in [0.1, 0.15) is 0 Å². The summed E-state index contributed by atoms with van der Waals surface area (Å²) in [6, 6.07) is 2.18. The summed E-state index contributed by atoms with van der Waals surface area (Å²) in [5.74, 6) is -1.48. The molecule has 5 heteroatoms. The Hall–Kier alpha value is -1.91. The highest BCUT2D eigenvalue weighted by Crippen LogP contribution is 2.35. The second-order valence-electron chi connectivity index (χ2n) is 8.78. The Kier molecular flexibility index (Phi) is 13.8. The molecule has 0 radical (unpaired) electrons. The maximum atomic E-state index is 11.9. The Bertz CT molecular complexity index is 574. The molecule has 1 aromatic rings. The van der Waals surface area contributed by atoms with Crippen LogP contribution in [0.25, 0.3) is 0 Å². The number of hydrogen-bond donors (Lipinski definition) is 3. The van der Waals surface area contributed by atoms with E-state index >= 15 is 0 Å². The van der Waals surface area contributed by atoms with Gasteiger partial charge in [0.15, 0.2) is 17.2 Å². The smallest absolute Gasteiger partial charge is 0.338 e. The summed E-state index contributed by atoms with van der Waals surface area (Å²) in [5, 5.41) is 28.2. The van der Waals surface area contributed by atoms with E-state index in [0.717, 1.165) is 37.3 Å². The standard InChI is InChI=1S/C25H42O5/c1-20(2)16-14-12-10-8-6-4-3-5-7-9-11-13-15-17-30-25(29)21-18-22(26)24(28)23(27)19-21/h18-20,26-28H,3-17H2,1-2H3. The van der Waals surface area contributed by atoms with Crippen molar-refractivity contribution in [1.29, 1.82) is 0 Å². The van der Waals surface area contributed by atoms with Crippen LogP contribution in [0.3, 0.4) is 0 Å². The monoisotopic (exact) mass is 422 g/mol. The summed E-state index contributed by atoms with van der Waals surface area (Å²) in [5.41, 5.74) is 0.0263. The van der Waals surface area contributed by atoms with E-state index in [1.165, 1.54) is 70.6 Å². The predicted molar refractivity (Wildman–Crippen MR) is 121 cm³/mol. The second-order valence-corrected chi connectivity index (χ2v) is 8.78. The molecule has 0 heterocycles. The van der Waals surface area contributed by atoms with Crippen LogP contribution in [0.1, 0.15) is 114 Å². The van der Waals surface area contributed by atoms with Crippen LogP contribution in [0.5, 0.6) is 17.2 Å². The molecule has 0 unspecified atom stereocenters. The molecule has 0 spiro atoms. The fraction of sp³-hybridized carbons (Fsp3) is 0.720. The molecule has 0 aliphatic rings. The number of ether oxygens (including phenoxy) is 1. The lowest BCUT2D eigenvalue weighted by molar-refractivity contribution is 0.0496. The summed E-state index contributed by atoms with van der Waals surface area (Å²) in [6.45, 7) is 4.92. The molecule has 0 amide bonds. The van der Waals surface area contributed by atoms with Gasteiger partial charge in [-0.05, 0) is 24.5 Å². The van der Waals surface area contributed by atoms with Crippen molar-refractivity contribution >= 4 is 5.97 Å². The molecular weight excluding hydrogens is 380 g/mol. The van der Waals surface area contributed by atoms with E-state index in [4.69, 9.17) is 4.74 Å². The third-order valence-electron chi connectivity index (χ3n) is 5.46. The number of unbranched alkanes of at least 4 members (excludes halogenated alkanes) is 12. The van der Waals surface area contributed by atoms with Gasteiger partial charge >= 0.3 is 5.97 Å². The number of phenols is 3. The zero-order valence-corrected chi connectivity index (χ0v) is 19.0. The average Bonchev–Trinajstić information content (AvgIpc) is 2.70. The van der Waals surface area contributed by atoms with Crippen molar-refractivity contribution in [2.75, 3.05) is 6.61 Å².